The number of hydrogen-bond acceptors (Lipinski definition) is 4. The Bertz CT molecular complexity index is 453. The summed E-state index contributed by atoms with van der Waals surface area (Å²) in [6, 6.07) is 8.51. The van der Waals surface area contributed by atoms with Crippen LogP contribution in [0.15, 0.2) is 30.3 Å². The zero-order valence-corrected chi connectivity index (χ0v) is 13.4. The molecule has 2 unspecified atom stereocenters. The number of carbonyl (C=O) groups is 2. The second kappa shape index (κ2) is 9.28. The first-order valence-corrected chi connectivity index (χ1v) is 8.16. The molecule has 2 N–H and O–H groups in total. The summed E-state index contributed by atoms with van der Waals surface area (Å²) in [4.78, 5) is 23.6. The van der Waals surface area contributed by atoms with Crippen molar-refractivity contribution in [2.24, 2.45) is 0 Å². The van der Waals surface area contributed by atoms with E-state index >= 15 is 0 Å². The molecule has 6 heteroatoms. The molecule has 0 aliphatic rings. The summed E-state index contributed by atoms with van der Waals surface area (Å²) in [6.07, 6.45) is 2.49. The minimum absolute atomic E-state index is 0.134. The highest BCUT2D eigenvalue weighted by Gasteiger charge is 2.21. The zero-order valence-electron chi connectivity index (χ0n) is 12.6. The lowest BCUT2D eigenvalue weighted by atomic mass is 10.1. The molecule has 1 rings (SSSR count). The highest BCUT2D eigenvalue weighted by molar-refractivity contribution is 7.98. The Labute approximate surface area is 129 Å². The summed E-state index contributed by atoms with van der Waals surface area (Å²) in [7, 11) is 1.32. The van der Waals surface area contributed by atoms with Gasteiger partial charge in [0.25, 0.3) is 0 Å². The van der Waals surface area contributed by atoms with Crippen molar-refractivity contribution in [2.45, 2.75) is 25.4 Å². The van der Waals surface area contributed by atoms with Crippen LogP contribution < -0.4 is 10.6 Å². The smallest absolute Gasteiger partial charge is 0.328 e. The fourth-order valence-electron chi connectivity index (χ4n) is 1.85. The first-order valence-electron chi connectivity index (χ1n) is 6.77. The van der Waals surface area contributed by atoms with E-state index in [1.165, 1.54) is 7.11 Å². The Morgan fingerprint density at radius 1 is 1.24 bits per heavy atom. The molecular weight excluding hydrogens is 288 g/mol. The fraction of sp³-hybridized carbons (Fsp3) is 0.467. The molecule has 0 radical (unpaired) electrons. The maximum atomic E-state index is 12.0. The third-order valence-corrected chi connectivity index (χ3v) is 3.69. The lowest BCUT2D eigenvalue weighted by Crippen LogP contribution is -2.47. The molecule has 116 valence electrons. The molecule has 0 aromatic heterocycles. The molecule has 2 amide bonds. The monoisotopic (exact) mass is 310 g/mol. The van der Waals surface area contributed by atoms with Crippen molar-refractivity contribution in [1.29, 1.82) is 0 Å². The Kier molecular flexibility index (Phi) is 7.68. The van der Waals surface area contributed by atoms with Crippen LogP contribution in [0.3, 0.4) is 0 Å². The highest BCUT2D eigenvalue weighted by atomic mass is 32.2. The zero-order chi connectivity index (χ0) is 15.7. The van der Waals surface area contributed by atoms with Crippen molar-refractivity contribution < 1.29 is 14.3 Å². The maximum Gasteiger partial charge on any atom is 0.328 e. The Hall–Kier alpha value is -1.69. The highest BCUT2D eigenvalue weighted by Crippen LogP contribution is 2.11. The Morgan fingerprint density at radius 2 is 1.90 bits per heavy atom. The van der Waals surface area contributed by atoms with Gasteiger partial charge in [-0.05, 0) is 30.9 Å². The average Bonchev–Trinajstić information content (AvgIpc) is 2.51. The van der Waals surface area contributed by atoms with E-state index in [1.54, 1.807) is 11.8 Å². The standard InChI is InChI=1S/C15H22N2O3S/c1-11(12-7-5-4-6-8-12)16-15(19)17-13(9-10-21-3)14(18)20-2/h4-8,11,13H,9-10H2,1-3H3,(H2,16,17,19). The molecule has 21 heavy (non-hydrogen) atoms. The summed E-state index contributed by atoms with van der Waals surface area (Å²) >= 11 is 1.62. The van der Waals surface area contributed by atoms with Crippen LogP contribution in [0.4, 0.5) is 4.79 Å². The molecule has 0 fully saturated rings. The summed E-state index contributed by atoms with van der Waals surface area (Å²) in [6.45, 7) is 1.89. The molecule has 2 atom stereocenters. The number of esters is 1. The second-order valence-electron chi connectivity index (χ2n) is 4.61. The summed E-state index contributed by atoms with van der Waals surface area (Å²) in [5.74, 6) is 0.348. The average molecular weight is 310 g/mol. The van der Waals surface area contributed by atoms with E-state index < -0.39 is 12.0 Å². The van der Waals surface area contributed by atoms with E-state index in [1.807, 2.05) is 43.5 Å². The van der Waals surface area contributed by atoms with E-state index in [0.717, 1.165) is 11.3 Å². The molecule has 0 aliphatic carbocycles. The lowest BCUT2D eigenvalue weighted by molar-refractivity contribution is -0.142. The number of ether oxygens (including phenoxy) is 1. The summed E-state index contributed by atoms with van der Waals surface area (Å²) in [5, 5.41) is 5.48. The maximum absolute atomic E-state index is 12.0. The van der Waals surface area contributed by atoms with Gasteiger partial charge in [0, 0.05) is 0 Å². The number of amides is 2. The van der Waals surface area contributed by atoms with Crippen LogP contribution in [0.1, 0.15) is 24.9 Å². The van der Waals surface area contributed by atoms with E-state index in [2.05, 4.69) is 10.6 Å². The van der Waals surface area contributed by atoms with Gasteiger partial charge >= 0.3 is 12.0 Å². The first-order chi connectivity index (χ1) is 10.1. The van der Waals surface area contributed by atoms with Gasteiger partial charge in [-0.25, -0.2) is 9.59 Å². The van der Waals surface area contributed by atoms with E-state index in [4.69, 9.17) is 4.74 Å². The van der Waals surface area contributed by atoms with Gasteiger partial charge in [-0.1, -0.05) is 30.3 Å². The van der Waals surface area contributed by atoms with Gasteiger partial charge in [0.15, 0.2) is 0 Å². The van der Waals surface area contributed by atoms with Gasteiger partial charge in [0.2, 0.25) is 0 Å². The number of rotatable bonds is 7. The molecule has 5 nitrogen and oxygen atoms in total. The van der Waals surface area contributed by atoms with Crippen LogP contribution in [0.5, 0.6) is 0 Å². The molecule has 0 saturated heterocycles. The predicted octanol–water partition coefficient (Wildman–Crippen LogP) is 2.34. The van der Waals surface area contributed by atoms with Crippen LogP contribution in [0, 0.1) is 0 Å². The molecular formula is C15H22N2O3S. The number of benzene rings is 1. The Morgan fingerprint density at radius 3 is 2.48 bits per heavy atom. The number of hydrogen-bond donors (Lipinski definition) is 2. The quantitative estimate of drug-likeness (QED) is 0.759. The number of carbonyl (C=O) groups excluding carboxylic acids is 2. The molecule has 0 heterocycles. The summed E-state index contributed by atoms with van der Waals surface area (Å²) in [5.41, 5.74) is 1.01. The molecule has 0 bridgehead atoms. The number of thioether (sulfide) groups is 1. The second-order valence-corrected chi connectivity index (χ2v) is 5.59. The minimum atomic E-state index is -0.620. The third-order valence-electron chi connectivity index (χ3n) is 3.05. The van der Waals surface area contributed by atoms with Gasteiger partial charge in [-0.2, -0.15) is 11.8 Å². The van der Waals surface area contributed by atoms with Gasteiger partial charge in [-0.15, -0.1) is 0 Å². The van der Waals surface area contributed by atoms with Crippen molar-refractivity contribution in [1.82, 2.24) is 10.6 Å². The number of nitrogens with one attached hydrogen (secondary N) is 2. The van der Waals surface area contributed by atoms with E-state index in [0.29, 0.717) is 6.42 Å². The molecule has 0 aliphatic heterocycles. The van der Waals surface area contributed by atoms with E-state index in [9.17, 15) is 9.59 Å². The third kappa shape index (κ3) is 6.08. The SMILES string of the molecule is COC(=O)C(CCSC)NC(=O)NC(C)c1ccccc1. The molecule has 1 aromatic carbocycles. The minimum Gasteiger partial charge on any atom is -0.467 e. The van der Waals surface area contributed by atoms with Crippen LogP contribution in [0.2, 0.25) is 0 Å². The van der Waals surface area contributed by atoms with Gasteiger partial charge in [-0.3, -0.25) is 0 Å². The summed E-state index contributed by atoms with van der Waals surface area (Å²) < 4.78 is 4.71. The number of urea groups is 1. The van der Waals surface area contributed by atoms with Crippen molar-refractivity contribution in [2.75, 3.05) is 19.1 Å². The predicted molar refractivity (Wildman–Crippen MR) is 85.3 cm³/mol. The first kappa shape index (κ1) is 17.4. The lowest BCUT2D eigenvalue weighted by Gasteiger charge is -2.19. The topological polar surface area (TPSA) is 67.4 Å². The van der Waals surface area contributed by atoms with Crippen molar-refractivity contribution in [3.8, 4) is 0 Å². The van der Waals surface area contributed by atoms with Gasteiger partial charge < -0.3 is 15.4 Å². The Balaban J connectivity index is 2.55. The van der Waals surface area contributed by atoms with E-state index in [-0.39, 0.29) is 12.1 Å². The number of methoxy groups -OCH3 is 1. The fourth-order valence-corrected chi connectivity index (χ4v) is 2.32. The molecule has 0 saturated carbocycles. The van der Waals surface area contributed by atoms with Gasteiger partial charge in [0.1, 0.15) is 6.04 Å². The van der Waals surface area contributed by atoms with Crippen LogP contribution in [0.25, 0.3) is 0 Å². The van der Waals surface area contributed by atoms with Gasteiger partial charge in [0.05, 0.1) is 13.2 Å². The van der Waals surface area contributed by atoms with Crippen molar-refractivity contribution in [3.63, 3.8) is 0 Å². The van der Waals surface area contributed by atoms with Crippen molar-refractivity contribution in [3.05, 3.63) is 35.9 Å². The normalized spacial score (nSPS) is 13.1. The largest absolute Gasteiger partial charge is 0.467 e. The van der Waals surface area contributed by atoms with Crippen LogP contribution in [-0.2, 0) is 9.53 Å². The molecule has 0 spiro atoms. The molecule has 1 aromatic rings. The van der Waals surface area contributed by atoms with Crippen LogP contribution >= 0.6 is 11.8 Å². The van der Waals surface area contributed by atoms with Crippen LogP contribution in [-0.4, -0.2) is 37.2 Å². The van der Waals surface area contributed by atoms with Crippen molar-refractivity contribution >= 4 is 23.8 Å².